The van der Waals surface area contributed by atoms with E-state index in [0.717, 1.165) is 65.9 Å². The van der Waals surface area contributed by atoms with Crippen molar-refractivity contribution in [1.82, 2.24) is 10.2 Å². The fourth-order valence-corrected chi connectivity index (χ4v) is 6.94. The predicted molar refractivity (Wildman–Crippen MR) is 168 cm³/mol. The van der Waals surface area contributed by atoms with Crippen LogP contribution in [0.4, 0.5) is 0 Å². The van der Waals surface area contributed by atoms with Gasteiger partial charge in [0.1, 0.15) is 5.75 Å². The minimum absolute atomic E-state index is 0.0164. The van der Waals surface area contributed by atoms with E-state index in [1.807, 2.05) is 30.3 Å². The van der Waals surface area contributed by atoms with Gasteiger partial charge in [-0.3, -0.25) is 4.90 Å². The average molecular weight is 595 g/mol. The normalized spacial score (nSPS) is 19.1. The number of rotatable bonds is 3. The van der Waals surface area contributed by atoms with Crippen molar-refractivity contribution in [2.75, 3.05) is 41.5 Å². The van der Waals surface area contributed by atoms with E-state index in [1.165, 1.54) is 5.56 Å². The monoisotopic (exact) mass is 594 g/mol. The number of benzene rings is 4. The van der Waals surface area contributed by atoms with E-state index in [1.54, 1.807) is 21.3 Å². The number of phenols is 1. The van der Waals surface area contributed by atoms with Crippen molar-refractivity contribution < 1.29 is 28.8 Å². The van der Waals surface area contributed by atoms with E-state index in [-0.39, 0.29) is 17.8 Å². The van der Waals surface area contributed by atoms with Crippen molar-refractivity contribution in [1.29, 1.82) is 0 Å². The van der Waals surface area contributed by atoms with Gasteiger partial charge in [0.2, 0.25) is 5.75 Å². The highest BCUT2D eigenvalue weighted by molar-refractivity contribution is 5.63. The van der Waals surface area contributed by atoms with Crippen LogP contribution in [0.1, 0.15) is 45.5 Å². The zero-order chi connectivity index (χ0) is 30.4. The molecule has 228 valence electrons. The molecular weight excluding hydrogens is 556 g/mol. The van der Waals surface area contributed by atoms with Crippen molar-refractivity contribution in [2.24, 2.45) is 0 Å². The lowest BCUT2D eigenvalue weighted by Crippen LogP contribution is -2.34. The number of hydrogen-bond donors (Lipinski definition) is 2. The number of likely N-dealkylation sites (N-methyl/N-ethyl adjacent to an activating group) is 1. The van der Waals surface area contributed by atoms with Gasteiger partial charge in [0.25, 0.3) is 0 Å². The zero-order valence-electron chi connectivity index (χ0n) is 25.6. The Morgan fingerprint density at radius 2 is 1.57 bits per heavy atom. The molecule has 2 N–H and O–H groups in total. The Morgan fingerprint density at radius 1 is 0.773 bits per heavy atom. The van der Waals surface area contributed by atoms with Crippen molar-refractivity contribution >= 4 is 0 Å². The van der Waals surface area contributed by atoms with E-state index in [4.69, 9.17) is 23.7 Å². The maximum absolute atomic E-state index is 11.5. The molecule has 0 amide bonds. The molecule has 8 nitrogen and oxygen atoms in total. The van der Waals surface area contributed by atoms with E-state index < -0.39 is 0 Å². The van der Waals surface area contributed by atoms with Gasteiger partial charge >= 0.3 is 0 Å². The molecule has 8 heteroatoms. The minimum atomic E-state index is -0.0875. The van der Waals surface area contributed by atoms with Gasteiger partial charge in [-0.15, -0.1) is 0 Å². The zero-order valence-corrected chi connectivity index (χ0v) is 25.6. The van der Waals surface area contributed by atoms with Crippen LogP contribution in [-0.2, 0) is 25.7 Å². The molecule has 0 unspecified atom stereocenters. The first-order valence-electron chi connectivity index (χ1n) is 15.1. The maximum Gasteiger partial charge on any atom is 0.201 e. The molecule has 2 atom stereocenters. The molecule has 0 saturated carbocycles. The molecule has 44 heavy (non-hydrogen) atoms. The molecule has 0 aromatic heterocycles. The number of aromatic hydroxyl groups is 1. The largest absolute Gasteiger partial charge is 0.502 e. The van der Waals surface area contributed by atoms with Crippen LogP contribution in [0.25, 0.3) is 0 Å². The predicted octanol–water partition coefficient (Wildman–Crippen LogP) is 6.52. The third-order valence-electron chi connectivity index (χ3n) is 9.21. The molecule has 0 fully saturated rings. The van der Waals surface area contributed by atoms with Crippen LogP contribution in [0.15, 0.2) is 60.7 Å². The SMILES string of the molecule is COc1ccc2cc1Oc1ccc(cc1)C[C@H]1NCCc3cc(OC)c(O)c(c31)Oc1ccc3c(c1OC)[C@@H](C2)N(C)CC3. The third kappa shape index (κ3) is 4.98. The molecular formula is C36H38N2O6. The van der Waals surface area contributed by atoms with Gasteiger partial charge in [-0.25, -0.2) is 0 Å². The smallest absolute Gasteiger partial charge is 0.201 e. The number of phenolic OH excluding ortho intramolecular Hbond substituents is 1. The molecule has 4 aromatic carbocycles. The number of fused-ring (bicyclic) bond motifs is 2. The molecule has 8 rings (SSSR count). The summed E-state index contributed by atoms with van der Waals surface area (Å²) in [6.45, 7) is 1.73. The summed E-state index contributed by atoms with van der Waals surface area (Å²) in [5, 5.41) is 15.2. The van der Waals surface area contributed by atoms with Crippen LogP contribution in [0, 0.1) is 0 Å². The molecule has 0 radical (unpaired) electrons. The highest BCUT2D eigenvalue weighted by atomic mass is 16.5. The standard InChI is InChI=1S/C36H38N2O6/c1-38-16-14-23-8-12-29-35(42-4)33(23)27(38)18-22-7-11-28(40-2)30(19-22)43-25-9-5-21(6-10-25)17-26-32-24(13-15-37-26)20-31(41-3)34(39)36(32)44-29/h5-12,19-20,26-27,37,39H,13-18H2,1-4H3/t26-,27-/m1/s1. The van der Waals surface area contributed by atoms with Gasteiger partial charge in [0, 0.05) is 29.8 Å². The van der Waals surface area contributed by atoms with Gasteiger partial charge in [0.15, 0.2) is 34.5 Å². The minimum Gasteiger partial charge on any atom is -0.502 e. The van der Waals surface area contributed by atoms with Crippen LogP contribution in [0.2, 0.25) is 0 Å². The number of methoxy groups -OCH3 is 3. The summed E-state index contributed by atoms with van der Waals surface area (Å²) < 4.78 is 30.6. The van der Waals surface area contributed by atoms with Crippen LogP contribution in [0.5, 0.6) is 46.0 Å². The van der Waals surface area contributed by atoms with E-state index in [9.17, 15) is 5.11 Å². The molecule has 4 heterocycles. The van der Waals surface area contributed by atoms with Gasteiger partial charge in [-0.05, 0) is 97.9 Å². The second-order valence-corrected chi connectivity index (χ2v) is 11.7. The Hall–Kier alpha value is -4.40. The Kier molecular flexibility index (Phi) is 7.48. The third-order valence-corrected chi connectivity index (χ3v) is 9.21. The molecule has 4 aliphatic heterocycles. The molecule has 0 spiro atoms. The summed E-state index contributed by atoms with van der Waals surface area (Å²) in [5.74, 6) is 4.12. The summed E-state index contributed by atoms with van der Waals surface area (Å²) in [7, 11) is 7.07. The summed E-state index contributed by atoms with van der Waals surface area (Å²) in [4.78, 5) is 2.36. The van der Waals surface area contributed by atoms with Gasteiger partial charge < -0.3 is 34.1 Å². The summed E-state index contributed by atoms with van der Waals surface area (Å²) >= 11 is 0. The summed E-state index contributed by atoms with van der Waals surface area (Å²) in [6, 6.07) is 20.3. The van der Waals surface area contributed by atoms with Crippen LogP contribution in [-0.4, -0.2) is 51.5 Å². The lowest BCUT2D eigenvalue weighted by molar-refractivity contribution is 0.221. The first-order valence-corrected chi connectivity index (χ1v) is 15.1. The van der Waals surface area contributed by atoms with Gasteiger partial charge in [-0.2, -0.15) is 0 Å². The Labute approximate surface area is 258 Å². The Bertz CT molecular complexity index is 1700. The van der Waals surface area contributed by atoms with Crippen molar-refractivity contribution in [2.45, 2.75) is 37.8 Å². The fraction of sp³-hybridized carbons (Fsp3) is 0.333. The first-order chi connectivity index (χ1) is 21.5. The van der Waals surface area contributed by atoms with Gasteiger partial charge in [-0.1, -0.05) is 24.3 Å². The van der Waals surface area contributed by atoms with Crippen molar-refractivity contribution in [3.63, 3.8) is 0 Å². The summed E-state index contributed by atoms with van der Waals surface area (Å²) in [6.07, 6.45) is 3.12. The topological polar surface area (TPSA) is 81.7 Å². The first kappa shape index (κ1) is 28.4. The van der Waals surface area contributed by atoms with Crippen LogP contribution in [0.3, 0.4) is 0 Å². The molecule has 4 aliphatic rings. The second kappa shape index (κ2) is 11.6. The number of ether oxygens (including phenoxy) is 5. The maximum atomic E-state index is 11.5. The molecule has 0 aliphatic carbocycles. The Balaban J connectivity index is 1.44. The highest BCUT2D eigenvalue weighted by Gasteiger charge is 2.33. The quantitative estimate of drug-likeness (QED) is 0.278. The fourth-order valence-electron chi connectivity index (χ4n) is 6.94. The van der Waals surface area contributed by atoms with E-state index in [2.05, 4.69) is 47.6 Å². The number of nitrogens with zero attached hydrogens (tertiary/aromatic N) is 1. The lowest BCUT2D eigenvalue weighted by atomic mass is 9.87. The number of nitrogens with one attached hydrogen (secondary N) is 1. The molecule has 4 aromatic rings. The van der Waals surface area contributed by atoms with Crippen LogP contribution < -0.4 is 29.0 Å². The lowest BCUT2D eigenvalue weighted by Gasteiger charge is -2.36. The van der Waals surface area contributed by atoms with Crippen molar-refractivity contribution in [3.8, 4) is 46.0 Å². The van der Waals surface area contributed by atoms with E-state index >= 15 is 0 Å². The average Bonchev–Trinajstić information content (AvgIpc) is 3.04. The van der Waals surface area contributed by atoms with Gasteiger partial charge in [0.05, 0.1) is 21.3 Å². The Morgan fingerprint density at radius 3 is 2.34 bits per heavy atom. The van der Waals surface area contributed by atoms with Crippen molar-refractivity contribution in [3.05, 3.63) is 94.0 Å². The van der Waals surface area contributed by atoms with E-state index in [0.29, 0.717) is 40.9 Å². The second-order valence-electron chi connectivity index (χ2n) is 11.7. The molecule has 0 saturated heterocycles. The number of hydrogen-bond acceptors (Lipinski definition) is 8. The van der Waals surface area contributed by atoms with Crippen LogP contribution >= 0.6 is 0 Å². The summed E-state index contributed by atoms with van der Waals surface area (Å²) in [5.41, 5.74) is 6.59. The molecule has 6 bridgehead atoms. The highest BCUT2D eigenvalue weighted by Crippen LogP contribution is 2.51.